The number of carboxylic acid groups (broad SMARTS) is 1. The van der Waals surface area contributed by atoms with E-state index in [1.807, 2.05) is 36.4 Å². The second kappa shape index (κ2) is 15.4. The number of hydrogen-bond acceptors (Lipinski definition) is 5. The van der Waals surface area contributed by atoms with Gasteiger partial charge in [-0.2, -0.15) is 0 Å². The number of hydrogen-bond donors (Lipinski definition) is 1. The molecule has 0 saturated carbocycles. The number of fused-ring (bicyclic) bond motifs is 1. The summed E-state index contributed by atoms with van der Waals surface area (Å²) in [4.78, 5) is 26.4. The van der Waals surface area contributed by atoms with E-state index in [1.165, 1.54) is 11.1 Å². The molecule has 1 N–H and O–H groups in total. The fourth-order valence-electron chi connectivity index (χ4n) is 5.12. The monoisotopic (exact) mass is 525 g/mol. The number of carboxylic acids is 1. The van der Waals surface area contributed by atoms with E-state index >= 15 is 0 Å². The zero-order valence-electron chi connectivity index (χ0n) is 23.1. The van der Waals surface area contributed by atoms with Gasteiger partial charge in [-0.05, 0) is 85.9 Å². The average Bonchev–Trinajstić information content (AvgIpc) is 3.37. The van der Waals surface area contributed by atoms with Crippen LogP contribution in [0.4, 0.5) is 4.79 Å². The van der Waals surface area contributed by atoms with Crippen molar-refractivity contribution < 1.29 is 28.9 Å². The van der Waals surface area contributed by atoms with E-state index in [2.05, 4.69) is 19.9 Å². The second-order valence-corrected chi connectivity index (χ2v) is 10.0. The third-order valence-corrected chi connectivity index (χ3v) is 7.02. The van der Waals surface area contributed by atoms with Crippen LogP contribution in [-0.4, -0.2) is 54.5 Å². The maximum Gasteiger partial charge on any atom is 0.415 e. The van der Waals surface area contributed by atoms with Crippen molar-refractivity contribution in [2.45, 2.75) is 78.2 Å². The van der Waals surface area contributed by atoms with Crippen LogP contribution >= 0.6 is 0 Å². The molecule has 0 spiro atoms. The highest BCUT2D eigenvalue weighted by Gasteiger charge is 2.22. The van der Waals surface area contributed by atoms with Gasteiger partial charge >= 0.3 is 12.1 Å². The fraction of sp³-hybridized carbons (Fsp3) is 0.548. The van der Waals surface area contributed by atoms with Crippen LogP contribution in [0, 0.1) is 5.92 Å². The van der Waals surface area contributed by atoms with E-state index in [-0.39, 0.29) is 6.09 Å². The van der Waals surface area contributed by atoms with Gasteiger partial charge < -0.3 is 24.2 Å². The normalized spacial score (nSPS) is 13.3. The van der Waals surface area contributed by atoms with Crippen molar-refractivity contribution in [3.05, 3.63) is 59.2 Å². The van der Waals surface area contributed by atoms with Crippen molar-refractivity contribution >= 4 is 12.1 Å². The highest BCUT2D eigenvalue weighted by atomic mass is 16.6. The van der Waals surface area contributed by atoms with Crippen molar-refractivity contribution in [1.29, 1.82) is 0 Å². The lowest BCUT2D eigenvalue weighted by atomic mass is 9.98. The van der Waals surface area contributed by atoms with E-state index in [9.17, 15) is 14.7 Å². The predicted molar refractivity (Wildman–Crippen MR) is 148 cm³/mol. The van der Waals surface area contributed by atoms with Gasteiger partial charge in [-0.1, -0.05) is 44.9 Å². The Bertz CT molecular complexity index is 1020. The first-order chi connectivity index (χ1) is 18.4. The van der Waals surface area contributed by atoms with Gasteiger partial charge in [0.2, 0.25) is 0 Å². The molecule has 0 bridgehead atoms. The van der Waals surface area contributed by atoms with Gasteiger partial charge in [0.25, 0.3) is 0 Å². The van der Waals surface area contributed by atoms with Crippen LogP contribution in [0.2, 0.25) is 0 Å². The molecule has 208 valence electrons. The van der Waals surface area contributed by atoms with Crippen LogP contribution in [-0.2, 0) is 28.8 Å². The summed E-state index contributed by atoms with van der Waals surface area (Å²) < 4.78 is 17.1. The summed E-state index contributed by atoms with van der Waals surface area (Å²) in [6.45, 7) is 7.87. The summed E-state index contributed by atoms with van der Waals surface area (Å²) in [6.07, 6.45) is 6.66. The Morgan fingerprint density at radius 3 is 2.29 bits per heavy atom. The Balaban J connectivity index is 1.60. The number of nitrogens with zero attached hydrogens (tertiary/aromatic N) is 1. The molecule has 7 nitrogen and oxygen atoms in total. The van der Waals surface area contributed by atoms with Gasteiger partial charge in [0.15, 0.2) is 6.10 Å². The standard InChI is InChI=1S/C31H43NO6/c1-4-8-24(9-5-2)22-32(31(35)38-28-17-14-25-10-7-11-26(25)21-28)18-19-37-27-15-12-23(13-16-27)20-29(30(33)34)36-6-3/h12-17,21,24,29H,4-11,18-20,22H2,1-3H3,(H,33,34). The lowest BCUT2D eigenvalue weighted by molar-refractivity contribution is -0.149. The average molecular weight is 526 g/mol. The molecule has 1 aliphatic rings. The van der Waals surface area contributed by atoms with Crippen molar-refractivity contribution in [3.8, 4) is 11.5 Å². The zero-order valence-corrected chi connectivity index (χ0v) is 23.1. The van der Waals surface area contributed by atoms with Crippen LogP contribution in [0.25, 0.3) is 0 Å². The third kappa shape index (κ3) is 9.05. The van der Waals surface area contributed by atoms with E-state index < -0.39 is 12.1 Å². The molecule has 0 saturated heterocycles. The van der Waals surface area contributed by atoms with Crippen LogP contribution in [0.1, 0.15) is 69.6 Å². The number of ether oxygens (including phenoxy) is 3. The molecule has 1 amide bonds. The Hall–Kier alpha value is -3.06. The highest BCUT2D eigenvalue weighted by molar-refractivity contribution is 5.72. The Morgan fingerprint density at radius 1 is 0.947 bits per heavy atom. The number of aliphatic carboxylic acids is 1. The first-order valence-electron chi connectivity index (χ1n) is 14.1. The fourth-order valence-corrected chi connectivity index (χ4v) is 5.12. The molecule has 1 atom stereocenters. The zero-order chi connectivity index (χ0) is 27.3. The van der Waals surface area contributed by atoms with Gasteiger partial charge in [0.1, 0.15) is 18.1 Å². The molecule has 2 aromatic carbocycles. The first-order valence-corrected chi connectivity index (χ1v) is 14.1. The number of aryl methyl sites for hydroxylation is 2. The Morgan fingerprint density at radius 2 is 1.63 bits per heavy atom. The lowest BCUT2D eigenvalue weighted by Crippen LogP contribution is -2.40. The molecule has 38 heavy (non-hydrogen) atoms. The summed E-state index contributed by atoms with van der Waals surface area (Å²) in [6, 6.07) is 13.3. The molecule has 0 aliphatic heterocycles. The van der Waals surface area contributed by atoms with Gasteiger partial charge in [-0.3, -0.25) is 0 Å². The second-order valence-electron chi connectivity index (χ2n) is 10.0. The topological polar surface area (TPSA) is 85.3 Å². The summed E-state index contributed by atoms with van der Waals surface area (Å²) in [5.74, 6) is 0.724. The number of carbonyl (C=O) groups is 2. The Kier molecular flexibility index (Phi) is 11.9. The van der Waals surface area contributed by atoms with Gasteiger partial charge in [-0.15, -0.1) is 0 Å². The van der Waals surface area contributed by atoms with E-state index in [1.54, 1.807) is 11.8 Å². The molecule has 3 rings (SSSR count). The maximum absolute atomic E-state index is 13.2. The van der Waals surface area contributed by atoms with Crippen molar-refractivity contribution in [1.82, 2.24) is 4.90 Å². The van der Waals surface area contributed by atoms with E-state index in [0.717, 1.165) is 50.5 Å². The maximum atomic E-state index is 13.2. The minimum atomic E-state index is -0.969. The quantitative estimate of drug-likeness (QED) is 0.277. The summed E-state index contributed by atoms with van der Waals surface area (Å²) in [5, 5.41) is 9.30. The first kappa shape index (κ1) is 29.5. The highest BCUT2D eigenvalue weighted by Crippen LogP contribution is 2.26. The molecule has 0 aromatic heterocycles. The molecule has 2 aromatic rings. The van der Waals surface area contributed by atoms with E-state index in [0.29, 0.717) is 50.1 Å². The number of benzene rings is 2. The number of rotatable bonds is 16. The van der Waals surface area contributed by atoms with Gasteiger partial charge in [-0.25, -0.2) is 9.59 Å². The molecule has 0 radical (unpaired) electrons. The molecule has 0 heterocycles. The van der Waals surface area contributed by atoms with Crippen LogP contribution in [0.5, 0.6) is 11.5 Å². The summed E-state index contributed by atoms with van der Waals surface area (Å²) in [7, 11) is 0. The number of amides is 1. The molecular weight excluding hydrogens is 482 g/mol. The van der Waals surface area contributed by atoms with Gasteiger partial charge in [0.05, 0.1) is 6.54 Å². The largest absolute Gasteiger partial charge is 0.492 e. The third-order valence-electron chi connectivity index (χ3n) is 7.02. The number of carbonyl (C=O) groups excluding carboxylic acids is 1. The van der Waals surface area contributed by atoms with Crippen molar-refractivity contribution in [2.24, 2.45) is 5.92 Å². The molecule has 0 fully saturated rings. The predicted octanol–water partition coefficient (Wildman–Crippen LogP) is 6.30. The van der Waals surface area contributed by atoms with Gasteiger partial charge in [0, 0.05) is 19.6 Å². The summed E-state index contributed by atoms with van der Waals surface area (Å²) >= 11 is 0. The minimum absolute atomic E-state index is 0.294. The molecule has 1 unspecified atom stereocenters. The van der Waals surface area contributed by atoms with Crippen LogP contribution in [0.15, 0.2) is 42.5 Å². The molecule has 1 aliphatic carbocycles. The molecular formula is C31H43NO6. The smallest absolute Gasteiger partial charge is 0.415 e. The lowest BCUT2D eigenvalue weighted by Gasteiger charge is -2.27. The SMILES string of the molecule is CCCC(CCC)CN(CCOc1ccc(CC(OCC)C(=O)O)cc1)C(=O)Oc1ccc2c(c1)CCC2. The van der Waals surface area contributed by atoms with E-state index in [4.69, 9.17) is 14.2 Å². The van der Waals surface area contributed by atoms with Crippen molar-refractivity contribution in [2.75, 3.05) is 26.3 Å². The van der Waals surface area contributed by atoms with Crippen molar-refractivity contribution in [3.63, 3.8) is 0 Å². The Labute approximate surface area is 227 Å². The van der Waals surface area contributed by atoms with Crippen LogP contribution < -0.4 is 9.47 Å². The minimum Gasteiger partial charge on any atom is -0.492 e. The summed E-state index contributed by atoms with van der Waals surface area (Å²) in [5.41, 5.74) is 3.49. The molecule has 7 heteroatoms. The van der Waals surface area contributed by atoms with Crippen LogP contribution in [0.3, 0.4) is 0 Å².